The molecule has 3 rings (SSSR count). The molecule has 0 radical (unpaired) electrons. The zero-order valence-corrected chi connectivity index (χ0v) is 13.0. The molecule has 0 N–H and O–H groups in total. The molecule has 0 atom stereocenters. The molecule has 3 nitrogen and oxygen atoms in total. The van der Waals surface area contributed by atoms with Crippen LogP contribution in [0.25, 0.3) is 10.6 Å². The summed E-state index contributed by atoms with van der Waals surface area (Å²) in [7, 11) is 0. The third kappa shape index (κ3) is 3.20. The highest BCUT2D eigenvalue weighted by Gasteiger charge is 2.13. The number of nitrogens with zero attached hydrogens (tertiary/aromatic N) is 1. The molecule has 0 aliphatic rings. The lowest BCUT2D eigenvalue weighted by Gasteiger charge is -2.05. The van der Waals surface area contributed by atoms with Gasteiger partial charge in [-0.15, -0.1) is 11.3 Å². The Hall–Kier alpha value is -1.98. The lowest BCUT2D eigenvalue weighted by molar-refractivity contribution is 0.0466. The maximum atomic E-state index is 12.0. The Morgan fingerprint density at radius 2 is 2.10 bits per heavy atom. The zero-order valence-electron chi connectivity index (χ0n) is 11.4. The van der Waals surface area contributed by atoms with Crippen molar-refractivity contribution in [1.82, 2.24) is 4.98 Å². The number of carbonyl (C=O) groups is 1. The van der Waals surface area contributed by atoms with Crippen LogP contribution in [0.3, 0.4) is 0 Å². The van der Waals surface area contributed by atoms with Gasteiger partial charge in [-0.3, -0.25) is 0 Å². The lowest BCUT2D eigenvalue weighted by Crippen LogP contribution is -2.06. The van der Waals surface area contributed by atoms with Crippen LogP contribution in [0.15, 0.2) is 46.5 Å². The van der Waals surface area contributed by atoms with Crippen molar-refractivity contribution >= 4 is 28.6 Å². The van der Waals surface area contributed by atoms with Crippen LogP contribution < -0.4 is 0 Å². The van der Waals surface area contributed by atoms with E-state index in [0.717, 1.165) is 21.7 Å². The number of esters is 1. The summed E-state index contributed by atoms with van der Waals surface area (Å²) in [5.74, 6) is -0.379. The van der Waals surface area contributed by atoms with Crippen LogP contribution in [-0.4, -0.2) is 11.0 Å². The van der Waals surface area contributed by atoms with E-state index in [1.54, 1.807) is 16.7 Å². The number of hydrogen-bond donors (Lipinski definition) is 0. The van der Waals surface area contributed by atoms with E-state index < -0.39 is 0 Å². The number of rotatable bonds is 4. The largest absolute Gasteiger partial charge is 0.456 e. The monoisotopic (exact) mass is 315 g/mol. The highest BCUT2D eigenvalue weighted by molar-refractivity contribution is 7.14. The lowest BCUT2D eigenvalue weighted by atomic mass is 10.1. The van der Waals surface area contributed by atoms with Gasteiger partial charge in [-0.25, -0.2) is 9.78 Å². The van der Waals surface area contributed by atoms with Gasteiger partial charge in [0.1, 0.15) is 11.6 Å². The van der Waals surface area contributed by atoms with E-state index in [-0.39, 0.29) is 12.6 Å². The smallest absolute Gasteiger partial charge is 0.358 e. The first-order valence-corrected chi connectivity index (χ1v) is 8.26. The molecule has 1 aromatic carbocycles. The molecule has 0 unspecified atom stereocenters. The topological polar surface area (TPSA) is 39.2 Å². The number of aryl methyl sites for hydroxylation is 1. The second-order valence-electron chi connectivity index (χ2n) is 4.55. The van der Waals surface area contributed by atoms with Gasteiger partial charge in [-0.05, 0) is 29.5 Å². The quantitative estimate of drug-likeness (QED) is 0.664. The van der Waals surface area contributed by atoms with Crippen LogP contribution in [0.2, 0.25) is 0 Å². The summed E-state index contributed by atoms with van der Waals surface area (Å²) in [6.45, 7) is 2.28. The Balaban J connectivity index is 1.68. The molecule has 2 heterocycles. The van der Waals surface area contributed by atoms with Crippen molar-refractivity contribution < 1.29 is 9.53 Å². The van der Waals surface area contributed by atoms with Crippen molar-refractivity contribution in [3.63, 3.8) is 0 Å². The van der Waals surface area contributed by atoms with E-state index in [2.05, 4.69) is 4.98 Å². The molecule has 0 saturated carbocycles. The van der Waals surface area contributed by atoms with Crippen molar-refractivity contribution in [2.24, 2.45) is 0 Å². The summed E-state index contributed by atoms with van der Waals surface area (Å²) in [5.41, 5.74) is 3.54. The Labute approximate surface area is 130 Å². The minimum atomic E-state index is -0.379. The van der Waals surface area contributed by atoms with Gasteiger partial charge in [-0.2, -0.15) is 11.3 Å². The van der Waals surface area contributed by atoms with Crippen LogP contribution in [0.4, 0.5) is 0 Å². The fourth-order valence-corrected chi connectivity index (χ4v) is 3.38. The Morgan fingerprint density at radius 3 is 2.86 bits per heavy atom. The van der Waals surface area contributed by atoms with Crippen molar-refractivity contribution in [1.29, 1.82) is 0 Å². The molecule has 0 aliphatic heterocycles. The minimum Gasteiger partial charge on any atom is -0.456 e. The Morgan fingerprint density at radius 1 is 1.24 bits per heavy atom. The van der Waals surface area contributed by atoms with Gasteiger partial charge in [0.2, 0.25) is 0 Å². The molecule has 5 heteroatoms. The minimum absolute atomic E-state index is 0.275. The van der Waals surface area contributed by atoms with Gasteiger partial charge in [0, 0.05) is 16.3 Å². The summed E-state index contributed by atoms with van der Waals surface area (Å²) in [5, 5.41) is 6.60. The summed E-state index contributed by atoms with van der Waals surface area (Å²) < 4.78 is 5.33. The highest BCUT2D eigenvalue weighted by atomic mass is 32.1. The van der Waals surface area contributed by atoms with Gasteiger partial charge in [0.15, 0.2) is 5.69 Å². The second-order valence-corrected chi connectivity index (χ2v) is 6.19. The fraction of sp³-hybridized carbons (Fsp3) is 0.125. The molecular weight excluding hydrogens is 302 g/mol. The van der Waals surface area contributed by atoms with E-state index in [1.807, 2.05) is 48.0 Å². The molecule has 0 spiro atoms. The number of ether oxygens (including phenoxy) is 1. The van der Waals surface area contributed by atoms with Gasteiger partial charge in [0.05, 0.1) is 0 Å². The standard InChI is InChI=1S/C16H13NO2S2/c1-11-4-2-3-5-12(11)8-19-16(18)14-10-21-15(17-14)13-6-7-20-9-13/h2-7,9-10H,8H2,1H3. The SMILES string of the molecule is Cc1ccccc1COC(=O)c1csc(-c2ccsc2)n1. The van der Waals surface area contributed by atoms with E-state index in [1.165, 1.54) is 11.3 Å². The van der Waals surface area contributed by atoms with Gasteiger partial charge in [-0.1, -0.05) is 24.3 Å². The van der Waals surface area contributed by atoms with Crippen molar-refractivity contribution in [3.05, 3.63) is 63.3 Å². The predicted molar refractivity (Wildman–Crippen MR) is 85.7 cm³/mol. The fourth-order valence-electron chi connectivity index (χ4n) is 1.88. The Kier molecular flexibility index (Phi) is 4.13. The molecule has 0 fully saturated rings. The molecule has 0 bridgehead atoms. The maximum Gasteiger partial charge on any atom is 0.358 e. The molecule has 21 heavy (non-hydrogen) atoms. The van der Waals surface area contributed by atoms with E-state index in [0.29, 0.717) is 5.69 Å². The Bertz CT molecular complexity index is 747. The average molecular weight is 315 g/mol. The average Bonchev–Trinajstić information content (AvgIpc) is 3.16. The first kappa shape index (κ1) is 14.0. The van der Waals surface area contributed by atoms with E-state index in [4.69, 9.17) is 4.74 Å². The van der Waals surface area contributed by atoms with Crippen molar-refractivity contribution in [2.75, 3.05) is 0 Å². The van der Waals surface area contributed by atoms with Crippen molar-refractivity contribution in [3.8, 4) is 10.6 Å². The molecular formula is C16H13NO2S2. The summed E-state index contributed by atoms with van der Waals surface area (Å²) in [6, 6.07) is 9.86. The number of aromatic nitrogens is 1. The van der Waals surface area contributed by atoms with Crippen LogP contribution in [-0.2, 0) is 11.3 Å². The number of thiazole rings is 1. The van der Waals surface area contributed by atoms with E-state index in [9.17, 15) is 4.79 Å². The molecule has 106 valence electrons. The number of benzene rings is 1. The van der Waals surface area contributed by atoms with Crippen LogP contribution in [0, 0.1) is 6.92 Å². The van der Waals surface area contributed by atoms with Gasteiger partial charge >= 0.3 is 5.97 Å². The van der Waals surface area contributed by atoms with Crippen molar-refractivity contribution in [2.45, 2.75) is 13.5 Å². The maximum absolute atomic E-state index is 12.0. The third-order valence-electron chi connectivity index (χ3n) is 3.10. The molecule has 0 saturated heterocycles. The summed E-state index contributed by atoms with van der Waals surface area (Å²) >= 11 is 3.07. The number of carbonyl (C=O) groups excluding carboxylic acids is 1. The number of hydrogen-bond acceptors (Lipinski definition) is 5. The highest BCUT2D eigenvalue weighted by Crippen LogP contribution is 2.26. The molecule has 3 aromatic rings. The van der Waals surface area contributed by atoms with Gasteiger partial charge in [0.25, 0.3) is 0 Å². The molecule has 2 aromatic heterocycles. The summed E-state index contributed by atoms with van der Waals surface area (Å²) in [6.07, 6.45) is 0. The normalized spacial score (nSPS) is 10.5. The van der Waals surface area contributed by atoms with Crippen LogP contribution >= 0.6 is 22.7 Å². The second kappa shape index (κ2) is 6.20. The van der Waals surface area contributed by atoms with Crippen LogP contribution in [0.1, 0.15) is 21.6 Å². The first-order valence-electron chi connectivity index (χ1n) is 6.44. The first-order chi connectivity index (χ1) is 10.2. The predicted octanol–water partition coefficient (Wildman–Crippen LogP) is 4.54. The van der Waals surface area contributed by atoms with Crippen LogP contribution in [0.5, 0.6) is 0 Å². The number of thiophene rings is 1. The molecule has 0 aliphatic carbocycles. The summed E-state index contributed by atoms with van der Waals surface area (Å²) in [4.78, 5) is 16.4. The molecule has 0 amide bonds. The zero-order chi connectivity index (χ0) is 14.7. The third-order valence-corrected chi connectivity index (χ3v) is 4.68. The van der Waals surface area contributed by atoms with E-state index >= 15 is 0 Å². The van der Waals surface area contributed by atoms with Gasteiger partial charge < -0.3 is 4.74 Å².